The molecule has 2 aromatic rings. The maximum Gasteiger partial charge on any atom is 0.241 e. The van der Waals surface area contributed by atoms with Crippen LogP contribution < -0.4 is 10.2 Å². The van der Waals surface area contributed by atoms with Gasteiger partial charge in [0.25, 0.3) is 0 Å². The molecule has 0 fully saturated rings. The van der Waals surface area contributed by atoms with E-state index < -0.39 is 0 Å². The summed E-state index contributed by atoms with van der Waals surface area (Å²) in [5, 5.41) is 3.09. The average Bonchev–Trinajstić information content (AvgIpc) is 2.86. The molecular weight excluding hydrogens is 460 g/mol. The standard InChI is InChI=1S/C31H48N4O2/c1-8-19-35(31-26(6)17-14-18-27(31)7)29(37)23-34(10-3)21-12-11-20-33(9-2)22-28(36)32-30-24(4)15-13-16-25(30)5/h13-18H,8-12,19-23H2,1-7H3,(H,32,36). The van der Waals surface area contributed by atoms with Gasteiger partial charge in [-0.05, 0) is 95.4 Å². The number of amides is 2. The van der Waals surface area contributed by atoms with Crippen LogP contribution in [0, 0.1) is 27.7 Å². The fourth-order valence-electron chi connectivity index (χ4n) is 4.86. The summed E-state index contributed by atoms with van der Waals surface area (Å²) in [6.45, 7) is 19.5. The number of nitrogens with one attached hydrogen (secondary N) is 1. The van der Waals surface area contributed by atoms with Crippen molar-refractivity contribution < 1.29 is 9.59 Å². The Labute approximate surface area is 225 Å². The van der Waals surface area contributed by atoms with Crippen molar-refractivity contribution in [3.8, 4) is 0 Å². The van der Waals surface area contributed by atoms with E-state index in [4.69, 9.17) is 0 Å². The number of unbranched alkanes of at least 4 members (excludes halogenated alkanes) is 1. The van der Waals surface area contributed by atoms with Gasteiger partial charge >= 0.3 is 0 Å². The molecule has 6 nitrogen and oxygen atoms in total. The second-order valence-electron chi connectivity index (χ2n) is 10.0. The van der Waals surface area contributed by atoms with Crippen LogP contribution in [0.1, 0.15) is 62.3 Å². The molecule has 2 aromatic carbocycles. The highest BCUT2D eigenvalue weighted by atomic mass is 16.2. The third kappa shape index (κ3) is 9.28. The lowest BCUT2D eigenvalue weighted by Gasteiger charge is -2.29. The van der Waals surface area contributed by atoms with Gasteiger partial charge in [0.15, 0.2) is 0 Å². The topological polar surface area (TPSA) is 55.9 Å². The molecule has 0 aliphatic heterocycles. The van der Waals surface area contributed by atoms with Gasteiger partial charge in [0.2, 0.25) is 11.8 Å². The average molecular weight is 509 g/mol. The lowest BCUT2D eigenvalue weighted by Crippen LogP contribution is -2.42. The highest BCUT2D eigenvalue weighted by molar-refractivity contribution is 5.96. The summed E-state index contributed by atoms with van der Waals surface area (Å²) in [6, 6.07) is 12.3. The van der Waals surface area contributed by atoms with Gasteiger partial charge in [-0.2, -0.15) is 0 Å². The Balaban J connectivity index is 1.85. The van der Waals surface area contributed by atoms with Crippen molar-refractivity contribution in [2.24, 2.45) is 0 Å². The SMILES string of the molecule is CCCN(C(=O)CN(CC)CCCCN(CC)CC(=O)Nc1c(C)cccc1C)c1c(C)cccc1C. The molecular formula is C31H48N4O2. The number of aryl methyl sites for hydroxylation is 4. The van der Waals surface area contributed by atoms with E-state index in [-0.39, 0.29) is 11.8 Å². The Kier molecular flexibility index (Phi) is 12.8. The predicted octanol–water partition coefficient (Wildman–Crippen LogP) is 5.73. The summed E-state index contributed by atoms with van der Waals surface area (Å²) in [7, 11) is 0. The van der Waals surface area contributed by atoms with Crippen LogP contribution in [0.4, 0.5) is 11.4 Å². The number of rotatable bonds is 15. The maximum absolute atomic E-state index is 13.3. The molecule has 0 atom stereocenters. The van der Waals surface area contributed by atoms with Crippen LogP contribution in [-0.4, -0.2) is 67.4 Å². The van der Waals surface area contributed by atoms with E-state index in [1.165, 1.54) is 0 Å². The molecule has 0 radical (unpaired) electrons. The van der Waals surface area contributed by atoms with Crippen molar-refractivity contribution in [1.29, 1.82) is 0 Å². The molecule has 0 unspecified atom stereocenters. The molecule has 204 valence electrons. The Morgan fingerprint density at radius 3 is 1.68 bits per heavy atom. The molecule has 0 saturated heterocycles. The Morgan fingerprint density at radius 2 is 1.19 bits per heavy atom. The number of carbonyl (C=O) groups is 2. The van der Waals surface area contributed by atoms with E-state index >= 15 is 0 Å². The first-order chi connectivity index (χ1) is 17.7. The van der Waals surface area contributed by atoms with E-state index in [2.05, 4.69) is 61.9 Å². The summed E-state index contributed by atoms with van der Waals surface area (Å²) >= 11 is 0. The lowest BCUT2D eigenvalue weighted by atomic mass is 10.1. The molecule has 2 amide bonds. The van der Waals surface area contributed by atoms with Crippen molar-refractivity contribution in [3.63, 3.8) is 0 Å². The maximum atomic E-state index is 13.3. The van der Waals surface area contributed by atoms with E-state index in [1.807, 2.05) is 43.0 Å². The number of likely N-dealkylation sites (N-methyl/N-ethyl adjacent to an activating group) is 2. The highest BCUT2D eigenvalue weighted by Gasteiger charge is 2.21. The van der Waals surface area contributed by atoms with E-state index in [0.29, 0.717) is 13.1 Å². The molecule has 1 N–H and O–H groups in total. The van der Waals surface area contributed by atoms with Crippen LogP contribution in [0.15, 0.2) is 36.4 Å². The van der Waals surface area contributed by atoms with Gasteiger partial charge in [0.05, 0.1) is 13.1 Å². The number of benzene rings is 2. The zero-order valence-electron chi connectivity index (χ0n) is 24.2. The van der Waals surface area contributed by atoms with Gasteiger partial charge in [-0.1, -0.05) is 57.2 Å². The Hall–Kier alpha value is -2.70. The van der Waals surface area contributed by atoms with Crippen LogP contribution in [0.3, 0.4) is 0 Å². The minimum absolute atomic E-state index is 0.0301. The largest absolute Gasteiger partial charge is 0.324 e. The van der Waals surface area contributed by atoms with Crippen molar-refractivity contribution >= 4 is 23.2 Å². The molecule has 0 saturated carbocycles. The number of carbonyl (C=O) groups excluding carboxylic acids is 2. The quantitative estimate of drug-likeness (QED) is 0.312. The van der Waals surface area contributed by atoms with E-state index in [9.17, 15) is 9.59 Å². The minimum Gasteiger partial charge on any atom is -0.324 e. The van der Waals surface area contributed by atoms with E-state index in [1.54, 1.807) is 0 Å². The summed E-state index contributed by atoms with van der Waals surface area (Å²) in [6.07, 6.45) is 2.91. The molecule has 6 heteroatoms. The van der Waals surface area contributed by atoms with Gasteiger partial charge in [-0.15, -0.1) is 0 Å². The Morgan fingerprint density at radius 1 is 0.703 bits per heavy atom. The number of hydrogen-bond donors (Lipinski definition) is 1. The fraction of sp³-hybridized carbons (Fsp3) is 0.548. The zero-order chi connectivity index (χ0) is 27.4. The molecule has 0 heterocycles. The summed E-state index contributed by atoms with van der Waals surface area (Å²) in [5.41, 5.74) is 6.44. The highest BCUT2D eigenvalue weighted by Crippen LogP contribution is 2.25. The van der Waals surface area contributed by atoms with Crippen molar-refractivity contribution in [3.05, 3.63) is 58.7 Å². The third-order valence-electron chi connectivity index (χ3n) is 7.02. The molecule has 0 aromatic heterocycles. The smallest absolute Gasteiger partial charge is 0.241 e. The molecule has 0 aliphatic rings. The van der Waals surface area contributed by atoms with Crippen LogP contribution in [-0.2, 0) is 9.59 Å². The summed E-state index contributed by atoms with van der Waals surface area (Å²) < 4.78 is 0. The van der Waals surface area contributed by atoms with Gasteiger partial charge in [-0.25, -0.2) is 0 Å². The van der Waals surface area contributed by atoms with Crippen LogP contribution in [0.25, 0.3) is 0 Å². The first-order valence-corrected chi connectivity index (χ1v) is 13.9. The fourth-order valence-corrected chi connectivity index (χ4v) is 4.86. The Bertz CT molecular complexity index is 980. The number of anilines is 2. The third-order valence-corrected chi connectivity index (χ3v) is 7.02. The summed E-state index contributed by atoms with van der Waals surface area (Å²) in [5.74, 6) is 0.196. The zero-order valence-corrected chi connectivity index (χ0v) is 24.2. The van der Waals surface area contributed by atoms with Crippen molar-refractivity contribution in [2.45, 2.75) is 67.7 Å². The van der Waals surface area contributed by atoms with Crippen LogP contribution >= 0.6 is 0 Å². The predicted molar refractivity (Wildman–Crippen MR) is 157 cm³/mol. The monoisotopic (exact) mass is 508 g/mol. The number of nitrogens with zero attached hydrogens (tertiary/aromatic N) is 3. The van der Waals surface area contributed by atoms with Gasteiger partial charge in [-0.3, -0.25) is 19.4 Å². The second kappa shape index (κ2) is 15.5. The molecule has 0 bridgehead atoms. The van der Waals surface area contributed by atoms with Crippen LogP contribution in [0.5, 0.6) is 0 Å². The molecule has 0 aliphatic carbocycles. The van der Waals surface area contributed by atoms with Gasteiger partial charge < -0.3 is 10.2 Å². The first kappa shape index (κ1) is 30.5. The molecule has 37 heavy (non-hydrogen) atoms. The van der Waals surface area contributed by atoms with E-state index in [0.717, 1.165) is 85.6 Å². The molecule has 2 rings (SSSR count). The minimum atomic E-state index is 0.0301. The summed E-state index contributed by atoms with van der Waals surface area (Å²) in [4.78, 5) is 32.4. The van der Waals surface area contributed by atoms with Crippen LogP contribution in [0.2, 0.25) is 0 Å². The lowest BCUT2D eigenvalue weighted by molar-refractivity contribution is -0.120. The first-order valence-electron chi connectivity index (χ1n) is 13.9. The van der Waals surface area contributed by atoms with Gasteiger partial charge in [0, 0.05) is 17.9 Å². The van der Waals surface area contributed by atoms with Gasteiger partial charge in [0.1, 0.15) is 0 Å². The molecule has 0 spiro atoms. The van der Waals surface area contributed by atoms with Crippen molar-refractivity contribution in [2.75, 3.05) is 56.0 Å². The number of para-hydroxylation sites is 2. The van der Waals surface area contributed by atoms with Crippen molar-refractivity contribution in [1.82, 2.24) is 9.80 Å². The normalized spacial score (nSPS) is 11.3. The second-order valence-corrected chi connectivity index (χ2v) is 10.0. The number of hydrogen-bond acceptors (Lipinski definition) is 4.